The first-order valence-corrected chi connectivity index (χ1v) is 9.18. The lowest BCUT2D eigenvalue weighted by Crippen LogP contribution is -2.66. The van der Waals surface area contributed by atoms with Gasteiger partial charge in [0, 0.05) is 10.8 Å². The Bertz CT molecular complexity index is 918. The lowest BCUT2D eigenvalue weighted by Gasteiger charge is -2.57. The first-order chi connectivity index (χ1) is 11.6. The number of hydrogen-bond acceptors (Lipinski definition) is 2. The number of hydrogen-bond donors (Lipinski definition) is 1. The molecule has 0 saturated carbocycles. The van der Waals surface area contributed by atoms with E-state index < -0.39 is 0 Å². The second-order valence-corrected chi connectivity index (χ2v) is 8.96. The van der Waals surface area contributed by atoms with Crippen LogP contribution in [0.3, 0.4) is 0 Å². The van der Waals surface area contributed by atoms with Gasteiger partial charge in [-0.05, 0) is 55.2 Å². The van der Waals surface area contributed by atoms with E-state index in [0.717, 1.165) is 11.4 Å². The third-order valence-corrected chi connectivity index (χ3v) is 6.82. The normalized spacial score (nSPS) is 25.2. The Morgan fingerprint density at radius 1 is 0.840 bits per heavy atom. The van der Waals surface area contributed by atoms with E-state index in [1.54, 1.807) is 0 Å². The van der Waals surface area contributed by atoms with Crippen molar-refractivity contribution >= 4 is 17.1 Å². The molecule has 2 aliphatic rings. The van der Waals surface area contributed by atoms with Crippen molar-refractivity contribution in [1.29, 1.82) is 0 Å². The maximum Gasteiger partial charge on any atom is 0.0864 e. The van der Waals surface area contributed by atoms with Crippen molar-refractivity contribution < 1.29 is 0 Å². The molecule has 130 valence electrons. The van der Waals surface area contributed by atoms with E-state index >= 15 is 0 Å². The molecule has 25 heavy (non-hydrogen) atoms. The molecule has 1 heterocycles. The standard InChI is InChI=1S/C23H28N2/c1-14-12-18-19(13-15(14)2)25-23(7)20(24-18)21(3,4)16-10-8-9-11-17(16)22(23,5)6/h8-13,25H,1-7H3. The summed E-state index contributed by atoms with van der Waals surface area (Å²) in [6.07, 6.45) is 0. The maximum atomic E-state index is 5.24. The molecule has 2 heteroatoms. The van der Waals surface area contributed by atoms with Gasteiger partial charge in [-0.2, -0.15) is 0 Å². The molecule has 0 fully saturated rings. The van der Waals surface area contributed by atoms with Gasteiger partial charge in [0.05, 0.1) is 22.6 Å². The molecule has 2 aromatic rings. The van der Waals surface area contributed by atoms with E-state index in [9.17, 15) is 0 Å². The van der Waals surface area contributed by atoms with E-state index in [4.69, 9.17) is 4.99 Å². The number of aryl methyl sites for hydroxylation is 2. The zero-order valence-electron chi connectivity index (χ0n) is 16.4. The molecule has 1 atom stereocenters. The van der Waals surface area contributed by atoms with Crippen molar-refractivity contribution in [2.75, 3.05) is 5.32 Å². The zero-order chi connectivity index (χ0) is 18.2. The number of nitrogens with one attached hydrogen (secondary N) is 1. The van der Waals surface area contributed by atoms with Crippen molar-refractivity contribution in [1.82, 2.24) is 0 Å². The summed E-state index contributed by atoms with van der Waals surface area (Å²) in [6, 6.07) is 13.3. The number of benzene rings is 2. The summed E-state index contributed by atoms with van der Waals surface area (Å²) in [5.41, 5.74) is 8.48. The fourth-order valence-corrected chi connectivity index (χ4v) is 4.74. The van der Waals surface area contributed by atoms with E-state index in [0.29, 0.717) is 0 Å². The van der Waals surface area contributed by atoms with Gasteiger partial charge in [0.1, 0.15) is 0 Å². The third kappa shape index (κ3) is 1.94. The first-order valence-electron chi connectivity index (χ1n) is 9.18. The van der Waals surface area contributed by atoms with Gasteiger partial charge in [-0.25, -0.2) is 0 Å². The van der Waals surface area contributed by atoms with Crippen LogP contribution in [0.1, 0.15) is 56.9 Å². The average molecular weight is 332 g/mol. The highest BCUT2D eigenvalue weighted by Crippen LogP contribution is 2.54. The molecule has 2 aromatic carbocycles. The minimum absolute atomic E-state index is 0.0611. The van der Waals surface area contributed by atoms with Crippen molar-refractivity contribution in [2.24, 2.45) is 4.99 Å². The minimum Gasteiger partial charge on any atom is -0.372 e. The number of aliphatic imine (C=N–C) groups is 1. The molecular weight excluding hydrogens is 304 g/mol. The lowest BCUT2D eigenvalue weighted by atomic mass is 9.52. The van der Waals surface area contributed by atoms with Crippen LogP contribution in [-0.4, -0.2) is 11.3 Å². The molecule has 0 amide bonds. The second kappa shape index (κ2) is 4.75. The smallest absolute Gasteiger partial charge is 0.0864 e. The molecule has 4 rings (SSSR count). The summed E-state index contributed by atoms with van der Waals surface area (Å²) in [5.74, 6) is 0. The Kier molecular flexibility index (Phi) is 3.11. The van der Waals surface area contributed by atoms with Crippen LogP contribution in [0, 0.1) is 13.8 Å². The fourth-order valence-electron chi connectivity index (χ4n) is 4.74. The highest BCUT2D eigenvalue weighted by atomic mass is 15.1. The summed E-state index contributed by atoms with van der Waals surface area (Å²) in [4.78, 5) is 5.24. The Labute approximate surface area is 151 Å². The van der Waals surface area contributed by atoms with Crippen LogP contribution in [0.2, 0.25) is 0 Å². The van der Waals surface area contributed by atoms with E-state index in [2.05, 4.69) is 90.2 Å². The van der Waals surface area contributed by atoms with Crippen molar-refractivity contribution in [2.45, 2.75) is 64.8 Å². The Balaban J connectivity index is 2.06. The number of fused-ring (bicyclic) bond motifs is 3. The summed E-state index contributed by atoms with van der Waals surface area (Å²) < 4.78 is 0. The van der Waals surface area contributed by atoms with E-state index in [1.807, 2.05) is 0 Å². The highest BCUT2D eigenvalue weighted by molar-refractivity contribution is 6.10. The maximum absolute atomic E-state index is 5.24. The second-order valence-electron chi connectivity index (χ2n) is 8.96. The molecule has 0 bridgehead atoms. The van der Waals surface area contributed by atoms with Crippen LogP contribution in [0.4, 0.5) is 11.4 Å². The molecule has 0 radical (unpaired) electrons. The van der Waals surface area contributed by atoms with Gasteiger partial charge in [-0.1, -0.05) is 52.0 Å². The van der Waals surface area contributed by atoms with Gasteiger partial charge >= 0.3 is 0 Å². The summed E-state index contributed by atoms with van der Waals surface area (Å²) in [6.45, 7) is 16.0. The van der Waals surface area contributed by atoms with Crippen LogP contribution in [-0.2, 0) is 10.8 Å². The Morgan fingerprint density at radius 3 is 2.12 bits per heavy atom. The molecule has 1 N–H and O–H groups in total. The number of nitrogens with zero attached hydrogens (tertiary/aromatic N) is 1. The number of rotatable bonds is 0. The van der Waals surface area contributed by atoms with Gasteiger partial charge in [-0.3, -0.25) is 4.99 Å². The molecule has 0 saturated heterocycles. The van der Waals surface area contributed by atoms with Gasteiger partial charge in [-0.15, -0.1) is 0 Å². The lowest BCUT2D eigenvalue weighted by molar-refractivity contribution is 0.351. The van der Waals surface area contributed by atoms with Crippen molar-refractivity contribution in [3.05, 3.63) is 58.7 Å². The van der Waals surface area contributed by atoms with Crippen LogP contribution in [0.5, 0.6) is 0 Å². The molecule has 0 spiro atoms. The predicted molar refractivity (Wildman–Crippen MR) is 108 cm³/mol. The van der Waals surface area contributed by atoms with Gasteiger partial charge < -0.3 is 5.32 Å². The highest BCUT2D eigenvalue weighted by Gasteiger charge is 2.57. The van der Waals surface area contributed by atoms with E-state index in [1.165, 1.54) is 28.0 Å². The zero-order valence-corrected chi connectivity index (χ0v) is 16.4. The van der Waals surface area contributed by atoms with Crippen LogP contribution in [0.15, 0.2) is 41.4 Å². The quantitative estimate of drug-likeness (QED) is 0.645. The molecule has 1 unspecified atom stereocenters. The van der Waals surface area contributed by atoms with Gasteiger partial charge in [0.25, 0.3) is 0 Å². The summed E-state index contributed by atoms with van der Waals surface area (Å²) in [5, 5.41) is 3.90. The molecule has 1 aliphatic heterocycles. The monoisotopic (exact) mass is 332 g/mol. The fraction of sp³-hybridized carbons (Fsp3) is 0.435. The van der Waals surface area contributed by atoms with Crippen LogP contribution >= 0.6 is 0 Å². The van der Waals surface area contributed by atoms with Crippen molar-refractivity contribution in [3.8, 4) is 0 Å². The van der Waals surface area contributed by atoms with Crippen LogP contribution in [0.25, 0.3) is 0 Å². The SMILES string of the molecule is Cc1cc2c(cc1C)NC1(C)C(=N2)C(C)(C)c2ccccc2C1(C)C. The first kappa shape index (κ1) is 16.4. The topological polar surface area (TPSA) is 24.4 Å². The average Bonchev–Trinajstić information content (AvgIpc) is 2.54. The van der Waals surface area contributed by atoms with Gasteiger partial charge in [0.2, 0.25) is 0 Å². The third-order valence-electron chi connectivity index (χ3n) is 6.82. The molecule has 0 aromatic heterocycles. The summed E-state index contributed by atoms with van der Waals surface area (Å²) in [7, 11) is 0. The molecule has 1 aliphatic carbocycles. The predicted octanol–water partition coefficient (Wildman–Crippen LogP) is 5.83. The Hall–Kier alpha value is -2.09. The van der Waals surface area contributed by atoms with Crippen LogP contribution < -0.4 is 5.32 Å². The van der Waals surface area contributed by atoms with Gasteiger partial charge in [0.15, 0.2) is 0 Å². The Morgan fingerprint density at radius 2 is 1.44 bits per heavy atom. The molecule has 2 nitrogen and oxygen atoms in total. The molecular formula is C23H28N2. The van der Waals surface area contributed by atoms with E-state index in [-0.39, 0.29) is 16.4 Å². The summed E-state index contributed by atoms with van der Waals surface area (Å²) >= 11 is 0. The number of anilines is 1. The van der Waals surface area contributed by atoms with Crippen molar-refractivity contribution in [3.63, 3.8) is 0 Å². The minimum atomic E-state index is -0.223. The largest absolute Gasteiger partial charge is 0.372 e.